The summed E-state index contributed by atoms with van der Waals surface area (Å²) in [6.07, 6.45) is 1.47. The van der Waals surface area contributed by atoms with Crippen LogP contribution in [0.25, 0.3) is 22.2 Å². The van der Waals surface area contributed by atoms with Gasteiger partial charge in [0.05, 0.1) is 16.8 Å². The number of fused-ring (bicyclic) bond motifs is 1. The van der Waals surface area contributed by atoms with Gasteiger partial charge < -0.3 is 10.2 Å². The number of piperidine rings is 1. The van der Waals surface area contributed by atoms with Crippen LogP contribution in [0.2, 0.25) is 0 Å². The molecule has 1 fully saturated rings. The molecule has 0 bridgehead atoms. The van der Waals surface area contributed by atoms with Crippen LogP contribution in [0.4, 0.5) is 0 Å². The fourth-order valence-electron chi connectivity index (χ4n) is 4.60. The lowest BCUT2D eigenvalue weighted by molar-refractivity contribution is 0.0700. The molecule has 1 saturated heterocycles. The van der Waals surface area contributed by atoms with E-state index in [2.05, 4.69) is 5.32 Å². The molecule has 0 unspecified atom stereocenters. The first-order chi connectivity index (χ1) is 16.6. The average molecular weight is 450 g/mol. The van der Waals surface area contributed by atoms with E-state index in [0.29, 0.717) is 24.2 Å². The van der Waals surface area contributed by atoms with Gasteiger partial charge in [-0.15, -0.1) is 0 Å². The summed E-state index contributed by atoms with van der Waals surface area (Å²) in [6.45, 7) is 3.16. The summed E-state index contributed by atoms with van der Waals surface area (Å²) in [5.41, 5.74) is 4.94. The van der Waals surface area contributed by atoms with E-state index < -0.39 is 0 Å². The molecule has 1 aliphatic rings. The zero-order valence-electron chi connectivity index (χ0n) is 19.2. The normalized spacial score (nSPS) is 14.2. The number of benzene rings is 3. The van der Waals surface area contributed by atoms with Crippen molar-refractivity contribution >= 4 is 22.7 Å². The molecule has 1 aromatic heterocycles. The average Bonchev–Trinajstić information content (AvgIpc) is 2.89. The van der Waals surface area contributed by atoms with Gasteiger partial charge in [0, 0.05) is 35.6 Å². The first-order valence-corrected chi connectivity index (χ1v) is 11.7. The Balaban J connectivity index is 1.33. The summed E-state index contributed by atoms with van der Waals surface area (Å²) in [6, 6.07) is 27.3. The largest absolute Gasteiger partial charge is 0.349 e. The van der Waals surface area contributed by atoms with Gasteiger partial charge in [-0.1, -0.05) is 66.7 Å². The SMILES string of the molecule is Cc1ccccc1C(=O)NC1CCN(C(=O)c2cc(-c3ccccc3)nc3ccccc23)CC1. The molecule has 1 aliphatic heterocycles. The number of likely N-dealkylation sites (tertiary alicyclic amines) is 1. The van der Waals surface area contributed by atoms with Crippen LogP contribution in [0.5, 0.6) is 0 Å². The van der Waals surface area contributed by atoms with Crippen LogP contribution >= 0.6 is 0 Å². The monoisotopic (exact) mass is 449 g/mol. The maximum absolute atomic E-state index is 13.6. The maximum Gasteiger partial charge on any atom is 0.254 e. The zero-order valence-corrected chi connectivity index (χ0v) is 19.2. The fraction of sp³-hybridized carbons (Fsp3) is 0.207. The summed E-state index contributed by atoms with van der Waals surface area (Å²) in [7, 11) is 0. The lowest BCUT2D eigenvalue weighted by Gasteiger charge is -2.33. The topological polar surface area (TPSA) is 62.3 Å². The number of para-hydroxylation sites is 1. The third-order valence-corrected chi connectivity index (χ3v) is 6.52. The molecule has 2 heterocycles. The summed E-state index contributed by atoms with van der Waals surface area (Å²) < 4.78 is 0. The molecule has 5 heteroatoms. The number of carbonyl (C=O) groups is 2. The summed E-state index contributed by atoms with van der Waals surface area (Å²) in [5.74, 6) is -0.0324. The van der Waals surface area contributed by atoms with Gasteiger partial charge in [-0.05, 0) is 43.5 Å². The first kappa shape index (κ1) is 21.8. The molecule has 34 heavy (non-hydrogen) atoms. The van der Waals surface area contributed by atoms with E-state index in [1.165, 1.54) is 0 Å². The predicted octanol–water partition coefficient (Wildman–Crippen LogP) is 5.24. The van der Waals surface area contributed by atoms with Gasteiger partial charge in [-0.25, -0.2) is 4.98 Å². The van der Waals surface area contributed by atoms with Gasteiger partial charge in [0.1, 0.15) is 0 Å². The van der Waals surface area contributed by atoms with Crippen molar-refractivity contribution in [1.29, 1.82) is 0 Å². The highest BCUT2D eigenvalue weighted by Gasteiger charge is 2.26. The number of pyridine rings is 1. The molecule has 5 rings (SSSR count). The van der Waals surface area contributed by atoms with Gasteiger partial charge in [-0.2, -0.15) is 0 Å². The van der Waals surface area contributed by atoms with Crippen molar-refractivity contribution in [2.24, 2.45) is 0 Å². The lowest BCUT2D eigenvalue weighted by atomic mass is 10.00. The highest BCUT2D eigenvalue weighted by atomic mass is 16.2. The maximum atomic E-state index is 13.6. The number of aromatic nitrogens is 1. The van der Waals surface area contributed by atoms with E-state index in [1.807, 2.05) is 96.8 Å². The second-order valence-electron chi connectivity index (χ2n) is 8.79. The minimum absolute atomic E-state index is 0.0134. The number of hydrogen-bond acceptors (Lipinski definition) is 3. The summed E-state index contributed by atoms with van der Waals surface area (Å²) >= 11 is 0. The van der Waals surface area contributed by atoms with Crippen molar-refractivity contribution in [3.05, 3.63) is 102 Å². The van der Waals surface area contributed by atoms with Crippen molar-refractivity contribution in [3.8, 4) is 11.3 Å². The van der Waals surface area contributed by atoms with Gasteiger partial charge in [-0.3, -0.25) is 9.59 Å². The molecule has 0 radical (unpaired) electrons. The van der Waals surface area contributed by atoms with Crippen molar-refractivity contribution in [2.45, 2.75) is 25.8 Å². The van der Waals surface area contributed by atoms with E-state index in [1.54, 1.807) is 0 Å². The van der Waals surface area contributed by atoms with E-state index >= 15 is 0 Å². The number of aryl methyl sites for hydroxylation is 1. The smallest absolute Gasteiger partial charge is 0.254 e. The van der Waals surface area contributed by atoms with Crippen molar-refractivity contribution in [3.63, 3.8) is 0 Å². The molecule has 0 aliphatic carbocycles. The lowest BCUT2D eigenvalue weighted by Crippen LogP contribution is -2.46. The highest BCUT2D eigenvalue weighted by molar-refractivity contribution is 6.07. The minimum Gasteiger partial charge on any atom is -0.349 e. The van der Waals surface area contributed by atoms with Crippen LogP contribution in [0, 0.1) is 6.92 Å². The third-order valence-electron chi connectivity index (χ3n) is 6.52. The Morgan fingerprint density at radius 1 is 0.853 bits per heavy atom. The fourth-order valence-corrected chi connectivity index (χ4v) is 4.60. The predicted molar refractivity (Wildman–Crippen MR) is 135 cm³/mol. The molecule has 170 valence electrons. The zero-order chi connectivity index (χ0) is 23.5. The van der Waals surface area contributed by atoms with E-state index in [-0.39, 0.29) is 17.9 Å². The van der Waals surface area contributed by atoms with E-state index in [4.69, 9.17) is 4.98 Å². The number of hydrogen-bond donors (Lipinski definition) is 1. The molecule has 0 spiro atoms. The van der Waals surface area contributed by atoms with Crippen molar-refractivity contribution < 1.29 is 9.59 Å². The standard InChI is InChI=1S/C29H27N3O2/c1-20-9-5-6-12-23(20)28(33)30-22-15-17-32(18-16-22)29(34)25-19-27(21-10-3-2-4-11-21)31-26-14-8-7-13-24(25)26/h2-14,19,22H,15-18H2,1H3,(H,30,33). The van der Waals surface area contributed by atoms with Crippen LogP contribution in [0.15, 0.2) is 84.9 Å². The Labute approximate surface area is 199 Å². The second kappa shape index (κ2) is 9.48. The van der Waals surface area contributed by atoms with Gasteiger partial charge in [0.15, 0.2) is 0 Å². The highest BCUT2D eigenvalue weighted by Crippen LogP contribution is 2.27. The molecular weight excluding hydrogens is 422 g/mol. The number of rotatable bonds is 4. The van der Waals surface area contributed by atoms with Crippen LogP contribution < -0.4 is 5.32 Å². The molecule has 3 aromatic carbocycles. The van der Waals surface area contributed by atoms with Crippen LogP contribution in [0.1, 0.15) is 39.1 Å². The van der Waals surface area contributed by atoms with Crippen LogP contribution in [0.3, 0.4) is 0 Å². The second-order valence-corrected chi connectivity index (χ2v) is 8.79. The van der Waals surface area contributed by atoms with Crippen LogP contribution in [-0.4, -0.2) is 40.8 Å². The van der Waals surface area contributed by atoms with E-state index in [9.17, 15) is 9.59 Å². The minimum atomic E-state index is -0.0458. The molecule has 2 amide bonds. The first-order valence-electron chi connectivity index (χ1n) is 11.7. The summed E-state index contributed by atoms with van der Waals surface area (Å²) in [4.78, 5) is 33.0. The van der Waals surface area contributed by atoms with Crippen LogP contribution in [-0.2, 0) is 0 Å². The quantitative estimate of drug-likeness (QED) is 0.463. The molecule has 5 nitrogen and oxygen atoms in total. The molecule has 0 saturated carbocycles. The Kier molecular flexibility index (Phi) is 6.09. The van der Waals surface area contributed by atoms with E-state index in [0.717, 1.165) is 40.6 Å². The molecule has 1 N–H and O–H groups in total. The third kappa shape index (κ3) is 4.42. The molecular formula is C29H27N3O2. The number of nitrogens with zero attached hydrogens (tertiary/aromatic N) is 2. The molecule has 4 aromatic rings. The Hall–Kier alpha value is -3.99. The van der Waals surface area contributed by atoms with Gasteiger partial charge in [0.2, 0.25) is 0 Å². The number of carbonyl (C=O) groups excluding carboxylic acids is 2. The number of amides is 2. The van der Waals surface area contributed by atoms with Gasteiger partial charge >= 0.3 is 0 Å². The van der Waals surface area contributed by atoms with Gasteiger partial charge in [0.25, 0.3) is 11.8 Å². The Bertz CT molecular complexity index is 1340. The number of nitrogens with one attached hydrogen (secondary N) is 1. The Morgan fingerprint density at radius 3 is 2.29 bits per heavy atom. The molecule has 0 atom stereocenters. The van der Waals surface area contributed by atoms with Crippen molar-refractivity contribution in [2.75, 3.05) is 13.1 Å². The van der Waals surface area contributed by atoms with Crippen molar-refractivity contribution in [1.82, 2.24) is 15.2 Å². The Morgan fingerprint density at radius 2 is 1.53 bits per heavy atom. The summed E-state index contributed by atoms with van der Waals surface area (Å²) in [5, 5.41) is 4.01.